The summed E-state index contributed by atoms with van der Waals surface area (Å²) >= 11 is 0. The Morgan fingerprint density at radius 3 is 1.24 bits per heavy atom. The van der Waals surface area contributed by atoms with E-state index in [-0.39, 0.29) is 12.5 Å². The van der Waals surface area contributed by atoms with Crippen LogP contribution in [-0.4, -0.2) is 34.9 Å². The van der Waals surface area contributed by atoms with Crippen LogP contribution in [0.3, 0.4) is 0 Å². The van der Waals surface area contributed by atoms with Crippen LogP contribution in [0.25, 0.3) is 0 Å². The van der Waals surface area contributed by atoms with Crippen LogP contribution < -0.4 is 5.32 Å². The minimum Gasteiger partial charge on any atom is -0.394 e. The standard InChI is InChI=1S/C47H87NO3/c1-3-5-7-9-11-13-15-16-17-18-19-20-21-22-23-24-25-26-27-28-29-30-31-32-33-35-37-39-41-43-47(51)48-45(44-49)46(50)42-40-38-36-34-14-12-10-8-6-4-2/h6,8,14,22-23,34,40,42,45-46,49-50H,3-5,7,9-13,15-21,24-33,35-39,41,43-44H2,1-2H3,(H,48,51)/b8-6+,23-22-,34-14+,42-40+. The monoisotopic (exact) mass is 714 g/mol. The van der Waals surface area contributed by atoms with Crippen LogP contribution in [0.5, 0.6) is 0 Å². The van der Waals surface area contributed by atoms with Crippen molar-refractivity contribution < 1.29 is 15.0 Å². The Morgan fingerprint density at radius 1 is 0.471 bits per heavy atom. The molecule has 0 aromatic heterocycles. The van der Waals surface area contributed by atoms with Crippen LogP contribution in [-0.2, 0) is 4.79 Å². The Labute approximate surface area is 318 Å². The van der Waals surface area contributed by atoms with Gasteiger partial charge in [-0.1, -0.05) is 204 Å². The number of aliphatic hydroxyl groups excluding tert-OH is 2. The van der Waals surface area contributed by atoms with E-state index in [1.165, 1.54) is 161 Å². The van der Waals surface area contributed by atoms with Gasteiger partial charge in [-0.05, 0) is 64.2 Å². The van der Waals surface area contributed by atoms with Gasteiger partial charge in [0.05, 0.1) is 18.8 Å². The maximum atomic E-state index is 12.3. The van der Waals surface area contributed by atoms with Crippen molar-refractivity contribution in [3.63, 3.8) is 0 Å². The molecule has 0 saturated carbocycles. The predicted molar refractivity (Wildman–Crippen MR) is 225 cm³/mol. The number of unbranched alkanes of at least 4 members (excludes halogenated alkanes) is 27. The van der Waals surface area contributed by atoms with Gasteiger partial charge in [-0.3, -0.25) is 4.79 Å². The van der Waals surface area contributed by atoms with Gasteiger partial charge in [-0.2, -0.15) is 0 Å². The highest BCUT2D eigenvalue weighted by molar-refractivity contribution is 5.76. The van der Waals surface area contributed by atoms with Crippen LogP contribution in [0, 0.1) is 0 Å². The summed E-state index contributed by atoms with van der Waals surface area (Å²) in [5.74, 6) is -0.0805. The molecule has 0 saturated heterocycles. The number of hydrogen-bond acceptors (Lipinski definition) is 3. The highest BCUT2D eigenvalue weighted by Gasteiger charge is 2.17. The number of nitrogens with one attached hydrogen (secondary N) is 1. The number of hydrogen-bond donors (Lipinski definition) is 3. The van der Waals surface area contributed by atoms with Crippen molar-refractivity contribution in [3.8, 4) is 0 Å². The second-order valence-electron chi connectivity index (χ2n) is 15.1. The van der Waals surface area contributed by atoms with Crippen molar-refractivity contribution in [2.75, 3.05) is 6.61 Å². The lowest BCUT2D eigenvalue weighted by Gasteiger charge is -2.19. The van der Waals surface area contributed by atoms with E-state index in [2.05, 4.69) is 55.6 Å². The molecule has 4 heteroatoms. The first kappa shape index (κ1) is 49.4. The third-order valence-electron chi connectivity index (χ3n) is 10.0. The summed E-state index contributed by atoms with van der Waals surface area (Å²) in [6, 6.07) is -0.643. The van der Waals surface area contributed by atoms with Crippen molar-refractivity contribution in [1.29, 1.82) is 0 Å². The molecule has 0 aliphatic carbocycles. The molecule has 0 aromatic carbocycles. The summed E-state index contributed by atoms with van der Waals surface area (Å²) in [5, 5.41) is 22.8. The van der Waals surface area contributed by atoms with Crippen molar-refractivity contribution in [2.45, 2.75) is 238 Å². The van der Waals surface area contributed by atoms with Gasteiger partial charge < -0.3 is 15.5 Å². The average molecular weight is 714 g/mol. The number of allylic oxidation sites excluding steroid dienone is 7. The van der Waals surface area contributed by atoms with Crippen molar-refractivity contribution >= 4 is 5.91 Å². The largest absolute Gasteiger partial charge is 0.394 e. The highest BCUT2D eigenvalue weighted by atomic mass is 16.3. The molecule has 0 aliphatic heterocycles. The van der Waals surface area contributed by atoms with Crippen LogP contribution in [0.2, 0.25) is 0 Å². The Hall–Kier alpha value is -1.65. The summed E-state index contributed by atoms with van der Waals surface area (Å²) in [6.07, 6.45) is 58.2. The molecule has 1 amide bonds. The van der Waals surface area contributed by atoms with E-state index < -0.39 is 12.1 Å². The molecule has 4 nitrogen and oxygen atoms in total. The van der Waals surface area contributed by atoms with Gasteiger partial charge in [0, 0.05) is 6.42 Å². The molecular weight excluding hydrogens is 627 g/mol. The minimum atomic E-state index is -0.868. The van der Waals surface area contributed by atoms with E-state index >= 15 is 0 Å². The molecule has 3 N–H and O–H groups in total. The van der Waals surface area contributed by atoms with Gasteiger partial charge >= 0.3 is 0 Å². The average Bonchev–Trinajstić information content (AvgIpc) is 3.13. The topological polar surface area (TPSA) is 69.6 Å². The van der Waals surface area contributed by atoms with E-state index in [1.807, 2.05) is 6.08 Å². The molecule has 298 valence electrons. The van der Waals surface area contributed by atoms with E-state index in [4.69, 9.17) is 0 Å². The van der Waals surface area contributed by atoms with Gasteiger partial charge in [0.2, 0.25) is 5.91 Å². The molecule has 0 rings (SSSR count). The molecule has 0 bridgehead atoms. The lowest BCUT2D eigenvalue weighted by molar-refractivity contribution is -0.123. The summed E-state index contributed by atoms with van der Waals surface area (Å²) in [4.78, 5) is 12.3. The molecule has 0 radical (unpaired) electrons. The zero-order valence-electron chi connectivity index (χ0n) is 34.1. The number of carbonyl (C=O) groups excluding carboxylic acids is 1. The summed E-state index contributed by atoms with van der Waals surface area (Å²) < 4.78 is 0. The fourth-order valence-electron chi connectivity index (χ4n) is 6.62. The fourth-order valence-corrected chi connectivity index (χ4v) is 6.62. The first-order chi connectivity index (χ1) is 25.2. The molecule has 0 aliphatic rings. The normalized spacial score (nSPS) is 13.4. The van der Waals surface area contributed by atoms with E-state index in [9.17, 15) is 15.0 Å². The molecule has 2 atom stereocenters. The Morgan fingerprint density at radius 2 is 0.824 bits per heavy atom. The van der Waals surface area contributed by atoms with Crippen LogP contribution in [0.15, 0.2) is 48.6 Å². The van der Waals surface area contributed by atoms with Gasteiger partial charge in [-0.25, -0.2) is 0 Å². The number of rotatable bonds is 40. The van der Waals surface area contributed by atoms with Crippen LogP contribution in [0.1, 0.15) is 226 Å². The van der Waals surface area contributed by atoms with Gasteiger partial charge in [0.25, 0.3) is 0 Å². The van der Waals surface area contributed by atoms with Gasteiger partial charge in [-0.15, -0.1) is 0 Å². The fraction of sp³-hybridized carbons (Fsp3) is 0.809. The number of aliphatic hydroxyl groups is 2. The van der Waals surface area contributed by atoms with E-state index in [0.717, 1.165) is 44.9 Å². The third kappa shape index (κ3) is 39.4. The van der Waals surface area contributed by atoms with E-state index in [0.29, 0.717) is 6.42 Å². The van der Waals surface area contributed by atoms with Gasteiger partial charge in [0.15, 0.2) is 0 Å². The summed E-state index contributed by atoms with van der Waals surface area (Å²) in [5.41, 5.74) is 0. The Kier molecular flexibility index (Phi) is 41.4. The smallest absolute Gasteiger partial charge is 0.220 e. The molecule has 0 aromatic rings. The molecular formula is C47H87NO3. The molecule has 0 heterocycles. The lowest BCUT2D eigenvalue weighted by atomic mass is 10.0. The highest BCUT2D eigenvalue weighted by Crippen LogP contribution is 2.15. The van der Waals surface area contributed by atoms with Crippen molar-refractivity contribution in [3.05, 3.63) is 48.6 Å². The zero-order valence-corrected chi connectivity index (χ0v) is 34.1. The van der Waals surface area contributed by atoms with Crippen LogP contribution >= 0.6 is 0 Å². The minimum absolute atomic E-state index is 0.0805. The summed E-state index contributed by atoms with van der Waals surface area (Å²) in [6.45, 7) is 4.17. The maximum absolute atomic E-state index is 12.3. The third-order valence-corrected chi connectivity index (χ3v) is 10.0. The second kappa shape index (κ2) is 42.8. The first-order valence-electron chi connectivity index (χ1n) is 22.4. The maximum Gasteiger partial charge on any atom is 0.220 e. The zero-order chi connectivity index (χ0) is 37.1. The molecule has 2 unspecified atom stereocenters. The van der Waals surface area contributed by atoms with Crippen molar-refractivity contribution in [2.24, 2.45) is 0 Å². The summed E-state index contributed by atoms with van der Waals surface area (Å²) in [7, 11) is 0. The predicted octanol–water partition coefficient (Wildman–Crippen LogP) is 14.0. The lowest BCUT2D eigenvalue weighted by Crippen LogP contribution is -2.45. The van der Waals surface area contributed by atoms with Gasteiger partial charge in [0.1, 0.15) is 0 Å². The molecule has 51 heavy (non-hydrogen) atoms. The number of amides is 1. The quantitative estimate of drug-likeness (QED) is 0.0437. The van der Waals surface area contributed by atoms with Crippen molar-refractivity contribution in [1.82, 2.24) is 5.32 Å². The van der Waals surface area contributed by atoms with E-state index in [1.54, 1.807) is 6.08 Å². The molecule has 0 spiro atoms. The van der Waals surface area contributed by atoms with Crippen LogP contribution in [0.4, 0.5) is 0 Å². The SMILES string of the molecule is CC/C=C/CC/C=C/CC/C=C/C(O)C(CO)NC(=O)CCCCCCCCCCCCCCC/C=C\CCCCCCCCCCCCCC. The molecule has 0 fully saturated rings. The number of carbonyl (C=O) groups is 1. The first-order valence-corrected chi connectivity index (χ1v) is 22.4. The Balaban J connectivity index is 3.47. The second-order valence-corrected chi connectivity index (χ2v) is 15.1. The Bertz CT molecular complexity index is 816.